The number of carbonyl (C=O) groups is 2. The van der Waals surface area contributed by atoms with Gasteiger partial charge in [0.2, 0.25) is 11.8 Å². The molecule has 0 radical (unpaired) electrons. The Morgan fingerprint density at radius 2 is 2.17 bits per heavy atom. The van der Waals surface area contributed by atoms with Gasteiger partial charge in [0, 0.05) is 11.3 Å². The number of rotatable bonds is 3. The molecule has 0 saturated carbocycles. The number of carbonyl (C=O) groups excluding carboxylic acids is 2. The topological polar surface area (TPSA) is 84.2 Å². The third-order valence-electron chi connectivity index (χ3n) is 3.04. The smallest absolute Gasteiger partial charge is 0.248 e. The fraction of sp³-hybridized carbons (Fsp3) is 0.385. The molecule has 5 heteroatoms. The molecule has 1 aromatic rings. The van der Waals surface area contributed by atoms with Crippen molar-refractivity contribution in [2.24, 2.45) is 5.73 Å². The van der Waals surface area contributed by atoms with Crippen LogP contribution in [0.1, 0.15) is 29.6 Å². The highest BCUT2D eigenvalue weighted by atomic mass is 16.2. The number of benzene rings is 1. The number of primary amides is 1. The lowest BCUT2D eigenvalue weighted by atomic mass is 10.0. The fourth-order valence-corrected chi connectivity index (χ4v) is 2.06. The summed E-state index contributed by atoms with van der Waals surface area (Å²) in [5.41, 5.74) is 6.19. The van der Waals surface area contributed by atoms with Gasteiger partial charge in [-0.05, 0) is 37.6 Å². The van der Waals surface area contributed by atoms with Gasteiger partial charge in [0.15, 0.2) is 0 Å². The van der Waals surface area contributed by atoms with Crippen molar-refractivity contribution < 1.29 is 9.59 Å². The lowest BCUT2D eigenvalue weighted by Gasteiger charge is -2.22. The predicted octanol–water partition coefficient (Wildman–Crippen LogP) is 0.866. The second kappa shape index (κ2) is 5.64. The maximum absolute atomic E-state index is 12.0. The first kappa shape index (κ1) is 12.6. The largest absolute Gasteiger partial charge is 0.366 e. The third kappa shape index (κ3) is 3.07. The summed E-state index contributed by atoms with van der Waals surface area (Å²) in [6.07, 6.45) is 3.02. The number of hydrogen-bond donors (Lipinski definition) is 3. The van der Waals surface area contributed by atoms with Gasteiger partial charge < -0.3 is 16.4 Å². The minimum absolute atomic E-state index is 0.0590. The Bertz CT molecular complexity index is 453. The molecular formula is C13H17N3O2. The molecule has 1 aliphatic heterocycles. The maximum Gasteiger partial charge on any atom is 0.248 e. The van der Waals surface area contributed by atoms with Crippen LogP contribution in [0.4, 0.5) is 5.69 Å². The average molecular weight is 247 g/mol. The highest BCUT2D eigenvalue weighted by Gasteiger charge is 2.20. The van der Waals surface area contributed by atoms with Crippen molar-refractivity contribution in [2.45, 2.75) is 25.3 Å². The Morgan fingerprint density at radius 3 is 2.83 bits per heavy atom. The molecule has 2 amide bonds. The molecule has 0 spiro atoms. The molecule has 1 aliphatic rings. The summed E-state index contributed by atoms with van der Waals surface area (Å²) in [5, 5.41) is 5.97. The van der Waals surface area contributed by atoms with E-state index >= 15 is 0 Å². The lowest BCUT2D eigenvalue weighted by Crippen LogP contribution is -2.43. The van der Waals surface area contributed by atoms with E-state index in [1.807, 2.05) is 0 Å². The Balaban J connectivity index is 2.02. The predicted molar refractivity (Wildman–Crippen MR) is 69.2 cm³/mol. The maximum atomic E-state index is 12.0. The first-order chi connectivity index (χ1) is 8.66. The van der Waals surface area contributed by atoms with Crippen molar-refractivity contribution in [3.05, 3.63) is 29.8 Å². The number of nitrogens with one attached hydrogen (secondary N) is 2. The van der Waals surface area contributed by atoms with Crippen LogP contribution in [0.15, 0.2) is 24.3 Å². The van der Waals surface area contributed by atoms with E-state index in [1.165, 1.54) is 0 Å². The average Bonchev–Trinajstić information content (AvgIpc) is 2.40. The zero-order valence-corrected chi connectivity index (χ0v) is 10.1. The summed E-state index contributed by atoms with van der Waals surface area (Å²) in [7, 11) is 0. The minimum Gasteiger partial charge on any atom is -0.366 e. The Morgan fingerprint density at radius 1 is 1.33 bits per heavy atom. The normalized spacial score (nSPS) is 19.2. The molecule has 1 aromatic carbocycles. The highest BCUT2D eigenvalue weighted by Crippen LogP contribution is 2.13. The van der Waals surface area contributed by atoms with Gasteiger partial charge in [-0.15, -0.1) is 0 Å². The summed E-state index contributed by atoms with van der Waals surface area (Å²) in [4.78, 5) is 23.0. The van der Waals surface area contributed by atoms with Gasteiger partial charge in [-0.25, -0.2) is 0 Å². The molecule has 1 atom stereocenters. The molecule has 18 heavy (non-hydrogen) atoms. The summed E-state index contributed by atoms with van der Waals surface area (Å²) >= 11 is 0. The summed E-state index contributed by atoms with van der Waals surface area (Å²) in [6.45, 7) is 0.874. The van der Waals surface area contributed by atoms with E-state index in [4.69, 9.17) is 5.73 Å². The number of amides is 2. The van der Waals surface area contributed by atoms with Crippen LogP contribution in [0.2, 0.25) is 0 Å². The molecule has 0 aliphatic carbocycles. The van der Waals surface area contributed by atoms with Gasteiger partial charge >= 0.3 is 0 Å². The molecule has 96 valence electrons. The lowest BCUT2D eigenvalue weighted by molar-refractivity contribution is -0.118. The molecule has 1 fully saturated rings. The molecule has 1 saturated heterocycles. The molecule has 1 heterocycles. The standard InChI is InChI=1S/C13H17N3O2/c14-12(17)9-4-3-5-10(8-9)16-13(18)11-6-1-2-7-15-11/h3-5,8,11,15H,1-2,6-7H2,(H2,14,17)(H,16,18)/t11-/m0/s1. The third-order valence-corrected chi connectivity index (χ3v) is 3.04. The number of piperidine rings is 1. The van der Waals surface area contributed by atoms with Crippen molar-refractivity contribution in [1.82, 2.24) is 5.32 Å². The number of hydrogen-bond acceptors (Lipinski definition) is 3. The van der Waals surface area contributed by atoms with Gasteiger partial charge in [-0.3, -0.25) is 9.59 Å². The Kier molecular flexibility index (Phi) is 3.94. The fourth-order valence-electron chi connectivity index (χ4n) is 2.06. The molecule has 0 aromatic heterocycles. The van der Waals surface area contributed by atoms with Crippen molar-refractivity contribution >= 4 is 17.5 Å². The monoisotopic (exact) mass is 247 g/mol. The molecule has 0 unspecified atom stereocenters. The molecule has 4 N–H and O–H groups in total. The number of anilines is 1. The van der Waals surface area contributed by atoms with Gasteiger partial charge in [-0.2, -0.15) is 0 Å². The van der Waals surface area contributed by atoms with Crippen molar-refractivity contribution in [3.8, 4) is 0 Å². The molecule has 0 bridgehead atoms. The van der Waals surface area contributed by atoms with Crippen LogP contribution < -0.4 is 16.4 Å². The van der Waals surface area contributed by atoms with E-state index in [9.17, 15) is 9.59 Å². The Labute approximate surface area is 106 Å². The van der Waals surface area contributed by atoms with Gasteiger partial charge in [0.05, 0.1) is 6.04 Å². The summed E-state index contributed by atoms with van der Waals surface area (Å²) in [5.74, 6) is -0.557. The van der Waals surface area contributed by atoms with E-state index in [2.05, 4.69) is 10.6 Å². The van der Waals surface area contributed by atoms with Crippen LogP contribution in [0.25, 0.3) is 0 Å². The van der Waals surface area contributed by atoms with Crippen LogP contribution in [0.5, 0.6) is 0 Å². The van der Waals surface area contributed by atoms with Gasteiger partial charge in [0.25, 0.3) is 0 Å². The van der Waals surface area contributed by atoms with Crippen LogP contribution >= 0.6 is 0 Å². The van der Waals surface area contributed by atoms with Crippen molar-refractivity contribution in [3.63, 3.8) is 0 Å². The molecule has 5 nitrogen and oxygen atoms in total. The van der Waals surface area contributed by atoms with Crippen LogP contribution in [0.3, 0.4) is 0 Å². The van der Waals surface area contributed by atoms with Crippen molar-refractivity contribution in [2.75, 3.05) is 11.9 Å². The van der Waals surface area contributed by atoms with Crippen molar-refractivity contribution in [1.29, 1.82) is 0 Å². The highest BCUT2D eigenvalue weighted by molar-refractivity contribution is 5.97. The van der Waals surface area contributed by atoms with Crippen LogP contribution in [-0.4, -0.2) is 24.4 Å². The number of nitrogens with two attached hydrogens (primary N) is 1. The van der Waals surface area contributed by atoms with E-state index < -0.39 is 5.91 Å². The van der Waals surface area contributed by atoms with E-state index in [1.54, 1.807) is 24.3 Å². The van der Waals surface area contributed by atoms with E-state index in [-0.39, 0.29) is 11.9 Å². The Hall–Kier alpha value is -1.88. The van der Waals surface area contributed by atoms with Gasteiger partial charge in [-0.1, -0.05) is 12.5 Å². The van der Waals surface area contributed by atoms with Crippen LogP contribution in [-0.2, 0) is 4.79 Å². The van der Waals surface area contributed by atoms with E-state index in [0.29, 0.717) is 11.3 Å². The quantitative estimate of drug-likeness (QED) is 0.741. The molecular weight excluding hydrogens is 230 g/mol. The first-order valence-electron chi connectivity index (χ1n) is 6.11. The zero-order valence-electron chi connectivity index (χ0n) is 10.1. The molecule has 2 rings (SSSR count). The first-order valence-corrected chi connectivity index (χ1v) is 6.11. The summed E-state index contributed by atoms with van der Waals surface area (Å²) < 4.78 is 0. The van der Waals surface area contributed by atoms with E-state index in [0.717, 1.165) is 25.8 Å². The second-order valence-electron chi connectivity index (χ2n) is 4.44. The van der Waals surface area contributed by atoms with Crippen LogP contribution in [0, 0.1) is 0 Å². The summed E-state index contributed by atoms with van der Waals surface area (Å²) in [6, 6.07) is 6.51. The minimum atomic E-state index is -0.498. The SMILES string of the molecule is NC(=O)c1cccc(NC(=O)[C@@H]2CCCCN2)c1. The van der Waals surface area contributed by atoms with Gasteiger partial charge in [0.1, 0.15) is 0 Å². The second-order valence-corrected chi connectivity index (χ2v) is 4.44. The zero-order chi connectivity index (χ0) is 13.0.